The van der Waals surface area contributed by atoms with Crippen LogP contribution in [0.5, 0.6) is 0 Å². The summed E-state index contributed by atoms with van der Waals surface area (Å²) < 4.78 is 15.5. The molecule has 2 atom stereocenters. The van der Waals surface area contributed by atoms with Gasteiger partial charge in [-0.05, 0) is 59.9 Å². The fourth-order valence-electron chi connectivity index (χ4n) is 3.17. The van der Waals surface area contributed by atoms with Crippen LogP contribution >= 0.6 is 0 Å². The Morgan fingerprint density at radius 3 is 2.00 bits per heavy atom. The zero-order valence-electron chi connectivity index (χ0n) is 24.0. The monoisotopic (exact) mass is 566 g/mol. The van der Waals surface area contributed by atoms with Gasteiger partial charge in [0.25, 0.3) is 0 Å². The average molecular weight is 567 g/mol. The van der Waals surface area contributed by atoms with Gasteiger partial charge in [0.1, 0.15) is 23.9 Å². The molecule has 0 aromatic heterocycles. The molecule has 13 heteroatoms. The highest BCUT2D eigenvalue weighted by Crippen LogP contribution is 2.10. The lowest BCUT2D eigenvalue weighted by Gasteiger charge is -2.24. The van der Waals surface area contributed by atoms with Crippen molar-refractivity contribution in [3.8, 4) is 0 Å². The van der Waals surface area contributed by atoms with Gasteiger partial charge >= 0.3 is 24.2 Å². The topological polar surface area (TPSA) is 181 Å². The molecule has 13 nitrogen and oxygen atoms in total. The number of carboxylic acid groups (broad SMARTS) is 1. The van der Waals surface area contributed by atoms with Crippen molar-refractivity contribution in [1.29, 1.82) is 0 Å². The predicted octanol–water partition coefficient (Wildman–Crippen LogP) is 3.07. The van der Waals surface area contributed by atoms with Crippen LogP contribution < -0.4 is 21.3 Å². The van der Waals surface area contributed by atoms with Crippen LogP contribution in [0.3, 0.4) is 0 Å². The highest BCUT2D eigenvalue weighted by Gasteiger charge is 2.24. The molecule has 0 fully saturated rings. The molecule has 0 bridgehead atoms. The lowest BCUT2D eigenvalue weighted by Crippen LogP contribution is -2.49. The number of alkyl carbamates (subject to hydrolysis) is 3. The maximum atomic E-state index is 12.6. The van der Waals surface area contributed by atoms with Gasteiger partial charge in [0.05, 0.1) is 0 Å². The number of carbonyl (C=O) groups excluding carboxylic acids is 4. The molecule has 1 aromatic rings. The highest BCUT2D eigenvalue weighted by atomic mass is 16.6. The van der Waals surface area contributed by atoms with E-state index in [1.807, 2.05) is 0 Å². The number of benzene rings is 1. The van der Waals surface area contributed by atoms with Crippen molar-refractivity contribution in [2.24, 2.45) is 0 Å². The molecular formula is C27H42N4O9. The van der Waals surface area contributed by atoms with E-state index in [2.05, 4.69) is 21.3 Å². The Bertz CT molecular complexity index is 988. The van der Waals surface area contributed by atoms with E-state index in [1.54, 1.807) is 71.9 Å². The Hall–Kier alpha value is -4.03. The molecule has 0 unspecified atom stereocenters. The molecule has 0 aliphatic rings. The van der Waals surface area contributed by atoms with Crippen molar-refractivity contribution in [2.75, 3.05) is 13.1 Å². The standard InChI is InChI=1S/C27H42N4O9/c1-26(2,3)39-23(35)28-14-10-13-19(30-25(37)40-27(4,5)6)15-21(32)29-16-20(22(33)34)31-24(36)38-17-18-11-8-7-9-12-18/h7-9,11-12,19-20H,10,13-17H2,1-6H3,(H,28,35)(H,29,32)(H,30,37)(H,31,36)(H,33,34)/t19-,20-/m0/s1. The highest BCUT2D eigenvalue weighted by molar-refractivity contribution is 5.82. The number of nitrogens with one attached hydrogen (secondary N) is 4. The number of carboxylic acids is 1. The van der Waals surface area contributed by atoms with E-state index in [-0.39, 0.29) is 19.6 Å². The summed E-state index contributed by atoms with van der Waals surface area (Å²) in [7, 11) is 0. The largest absolute Gasteiger partial charge is 0.480 e. The van der Waals surface area contributed by atoms with Gasteiger partial charge in [-0.25, -0.2) is 19.2 Å². The first-order chi connectivity index (χ1) is 18.5. The summed E-state index contributed by atoms with van der Waals surface area (Å²) >= 11 is 0. The molecule has 0 saturated carbocycles. The maximum absolute atomic E-state index is 12.6. The molecule has 1 aromatic carbocycles. The van der Waals surface area contributed by atoms with Crippen LogP contribution in [-0.4, -0.2) is 71.6 Å². The fourth-order valence-corrected chi connectivity index (χ4v) is 3.17. The van der Waals surface area contributed by atoms with E-state index >= 15 is 0 Å². The van der Waals surface area contributed by atoms with Gasteiger partial charge < -0.3 is 40.6 Å². The predicted molar refractivity (Wildman–Crippen MR) is 145 cm³/mol. The smallest absolute Gasteiger partial charge is 0.408 e. The second-order valence-corrected chi connectivity index (χ2v) is 11.0. The first kappa shape index (κ1) is 34.0. The van der Waals surface area contributed by atoms with Crippen LogP contribution in [0.15, 0.2) is 30.3 Å². The van der Waals surface area contributed by atoms with Gasteiger partial charge in [0, 0.05) is 25.6 Å². The molecule has 224 valence electrons. The Kier molecular flexibility index (Phi) is 13.7. The molecule has 4 amide bonds. The third-order valence-corrected chi connectivity index (χ3v) is 4.86. The summed E-state index contributed by atoms with van der Waals surface area (Å²) in [5, 5.41) is 19.4. The zero-order valence-corrected chi connectivity index (χ0v) is 24.0. The number of aliphatic carboxylic acids is 1. The van der Waals surface area contributed by atoms with Crippen molar-refractivity contribution in [3.63, 3.8) is 0 Å². The number of ether oxygens (including phenoxy) is 3. The lowest BCUT2D eigenvalue weighted by atomic mass is 10.1. The number of carbonyl (C=O) groups is 5. The molecule has 40 heavy (non-hydrogen) atoms. The number of amides is 4. The lowest BCUT2D eigenvalue weighted by molar-refractivity contribution is -0.139. The average Bonchev–Trinajstić information content (AvgIpc) is 2.81. The van der Waals surface area contributed by atoms with Gasteiger partial charge in [-0.2, -0.15) is 0 Å². The minimum Gasteiger partial charge on any atom is -0.480 e. The van der Waals surface area contributed by atoms with E-state index in [4.69, 9.17) is 14.2 Å². The summed E-state index contributed by atoms with van der Waals surface area (Å²) in [6, 6.07) is 6.73. The van der Waals surface area contributed by atoms with E-state index < -0.39 is 60.0 Å². The molecular weight excluding hydrogens is 524 g/mol. The van der Waals surface area contributed by atoms with Gasteiger partial charge in [-0.1, -0.05) is 30.3 Å². The van der Waals surface area contributed by atoms with E-state index in [0.29, 0.717) is 12.8 Å². The van der Waals surface area contributed by atoms with E-state index in [0.717, 1.165) is 5.56 Å². The Labute approximate surface area is 234 Å². The molecule has 0 radical (unpaired) electrons. The molecule has 0 aliphatic carbocycles. The Morgan fingerprint density at radius 2 is 1.43 bits per heavy atom. The molecule has 0 saturated heterocycles. The molecule has 0 aliphatic heterocycles. The fraction of sp³-hybridized carbons (Fsp3) is 0.593. The second-order valence-electron chi connectivity index (χ2n) is 11.0. The summed E-state index contributed by atoms with van der Waals surface area (Å²) in [6.07, 6.45) is -1.76. The molecule has 1 rings (SSSR count). The quantitative estimate of drug-likeness (QED) is 0.177. The van der Waals surface area contributed by atoms with E-state index in [9.17, 15) is 29.1 Å². The van der Waals surface area contributed by atoms with Gasteiger partial charge in [-0.15, -0.1) is 0 Å². The summed E-state index contributed by atoms with van der Waals surface area (Å²) in [5.74, 6) is -1.93. The Balaban J connectivity index is 2.63. The van der Waals surface area contributed by atoms with Crippen LogP contribution in [0, 0.1) is 0 Å². The number of hydrogen-bond acceptors (Lipinski definition) is 8. The second kappa shape index (κ2) is 16.2. The van der Waals surface area contributed by atoms with Crippen molar-refractivity contribution >= 4 is 30.2 Å². The molecule has 5 N–H and O–H groups in total. The van der Waals surface area contributed by atoms with Gasteiger partial charge in [-0.3, -0.25) is 4.79 Å². The first-order valence-electron chi connectivity index (χ1n) is 13.0. The van der Waals surface area contributed by atoms with E-state index in [1.165, 1.54) is 0 Å². The normalized spacial score (nSPS) is 12.8. The van der Waals surface area contributed by atoms with Crippen LogP contribution in [0.25, 0.3) is 0 Å². The van der Waals surface area contributed by atoms with Crippen molar-refractivity contribution < 1.29 is 43.3 Å². The molecule has 0 heterocycles. The van der Waals surface area contributed by atoms with Crippen LogP contribution in [0.1, 0.15) is 66.4 Å². The van der Waals surface area contributed by atoms with Crippen LogP contribution in [-0.2, 0) is 30.4 Å². The van der Waals surface area contributed by atoms with Gasteiger partial charge in [0.15, 0.2) is 0 Å². The number of hydrogen-bond donors (Lipinski definition) is 5. The summed E-state index contributed by atoms with van der Waals surface area (Å²) in [5.41, 5.74) is -0.683. The van der Waals surface area contributed by atoms with Crippen molar-refractivity contribution in [1.82, 2.24) is 21.3 Å². The molecule has 0 spiro atoms. The van der Waals surface area contributed by atoms with Crippen molar-refractivity contribution in [3.05, 3.63) is 35.9 Å². The summed E-state index contributed by atoms with van der Waals surface area (Å²) in [4.78, 5) is 60.4. The zero-order chi connectivity index (χ0) is 30.3. The minimum absolute atomic E-state index is 0.0494. The Morgan fingerprint density at radius 1 is 0.825 bits per heavy atom. The summed E-state index contributed by atoms with van der Waals surface area (Å²) in [6.45, 7) is 10.1. The number of rotatable bonds is 13. The third kappa shape index (κ3) is 16.7. The third-order valence-electron chi connectivity index (χ3n) is 4.86. The minimum atomic E-state index is -1.44. The SMILES string of the molecule is CC(C)(C)OC(=O)NCCC[C@@H](CC(=O)NC[C@H](NC(=O)OCc1ccccc1)C(=O)O)NC(=O)OC(C)(C)C. The first-order valence-corrected chi connectivity index (χ1v) is 13.0. The van der Waals surface area contributed by atoms with Crippen LogP contribution in [0.4, 0.5) is 14.4 Å². The van der Waals surface area contributed by atoms with Crippen LogP contribution in [0.2, 0.25) is 0 Å². The maximum Gasteiger partial charge on any atom is 0.408 e. The van der Waals surface area contributed by atoms with Crippen molar-refractivity contribution in [2.45, 2.75) is 90.7 Å². The van der Waals surface area contributed by atoms with Gasteiger partial charge in [0.2, 0.25) is 5.91 Å².